The number of H-pyrrole nitrogens is 1. The molecule has 1 saturated carbocycles. The Bertz CT molecular complexity index is 1280. The van der Waals surface area contributed by atoms with E-state index in [2.05, 4.69) is 27.4 Å². The fourth-order valence-corrected chi connectivity index (χ4v) is 4.55. The fraction of sp³-hybridized carbons (Fsp3) is 0.300. The number of fused-ring (bicyclic) bond motifs is 3. The van der Waals surface area contributed by atoms with E-state index in [-0.39, 0.29) is 5.41 Å². The summed E-state index contributed by atoms with van der Waals surface area (Å²) in [5.41, 5.74) is 4.90. The number of pyridine rings is 1. The monoisotopic (exact) mass is 393 g/mol. The van der Waals surface area contributed by atoms with Gasteiger partial charge in [0.05, 0.1) is 29.1 Å². The van der Waals surface area contributed by atoms with Crippen molar-refractivity contribution in [2.45, 2.75) is 18.3 Å². The van der Waals surface area contributed by atoms with E-state index < -0.39 is 10.0 Å². The molecule has 0 unspecified atom stereocenters. The molecule has 0 radical (unpaired) electrons. The first-order valence-corrected chi connectivity index (χ1v) is 10.9. The Hall–Kier alpha value is -3.05. The summed E-state index contributed by atoms with van der Waals surface area (Å²) >= 11 is 0. The lowest BCUT2D eigenvalue weighted by molar-refractivity contribution is 0.600. The van der Waals surface area contributed by atoms with Gasteiger partial charge in [0, 0.05) is 53.5 Å². The van der Waals surface area contributed by atoms with Crippen molar-refractivity contribution in [3.8, 4) is 17.2 Å². The number of hydrogen-bond acceptors (Lipinski definition) is 5. The van der Waals surface area contributed by atoms with Crippen molar-refractivity contribution in [1.29, 1.82) is 5.26 Å². The number of aromatic nitrogens is 2. The second kappa shape index (κ2) is 5.49. The molecule has 1 spiro atoms. The van der Waals surface area contributed by atoms with Crippen LogP contribution in [-0.2, 0) is 15.4 Å². The van der Waals surface area contributed by atoms with Crippen LogP contribution in [0.25, 0.3) is 22.0 Å². The third kappa shape index (κ3) is 2.39. The van der Waals surface area contributed by atoms with Gasteiger partial charge in [0.1, 0.15) is 5.82 Å². The van der Waals surface area contributed by atoms with Crippen LogP contribution < -0.4 is 9.62 Å². The van der Waals surface area contributed by atoms with E-state index in [0.717, 1.165) is 35.1 Å². The molecule has 2 N–H and O–H groups in total. The maximum absolute atomic E-state index is 12.1. The van der Waals surface area contributed by atoms with Gasteiger partial charge in [0.15, 0.2) is 0 Å². The van der Waals surface area contributed by atoms with Crippen LogP contribution in [0.5, 0.6) is 0 Å². The molecule has 0 atom stereocenters. The largest absolute Gasteiger partial charge is 0.369 e. The van der Waals surface area contributed by atoms with Crippen LogP contribution in [0, 0.1) is 11.3 Å². The Morgan fingerprint density at radius 3 is 2.75 bits per heavy atom. The summed E-state index contributed by atoms with van der Waals surface area (Å²) in [6, 6.07) is 7.70. The van der Waals surface area contributed by atoms with E-state index in [4.69, 9.17) is 0 Å². The van der Waals surface area contributed by atoms with Crippen LogP contribution in [0.1, 0.15) is 24.0 Å². The number of nitrogens with one attached hydrogen (secondary N) is 2. The van der Waals surface area contributed by atoms with E-state index in [1.54, 1.807) is 12.1 Å². The van der Waals surface area contributed by atoms with Gasteiger partial charge in [-0.15, -0.1) is 0 Å². The van der Waals surface area contributed by atoms with Crippen LogP contribution in [0.15, 0.2) is 30.6 Å². The molecule has 28 heavy (non-hydrogen) atoms. The van der Waals surface area contributed by atoms with Crippen molar-refractivity contribution in [3.63, 3.8) is 0 Å². The third-order valence-corrected chi connectivity index (χ3v) is 7.14. The van der Waals surface area contributed by atoms with Crippen molar-refractivity contribution >= 4 is 32.4 Å². The van der Waals surface area contributed by atoms with Gasteiger partial charge >= 0.3 is 0 Å². The van der Waals surface area contributed by atoms with Crippen LogP contribution in [0.4, 0.5) is 11.5 Å². The minimum atomic E-state index is -3.46. The number of aromatic amines is 1. The lowest BCUT2D eigenvalue weighted by atomic mass is 9.96. The molecule has 0 bridgehead atoms. The second-order valence-electron chi connectivity index (χ2n) is 7.72. The molecule has 0 amide bonds. The zero-order valence-electron chi connectivity index (χ0n) is 15.6. The van der Waals surface area contributed by atoms with Crippen LogP contribution in [0.2, 0.25) is 0 Å². The Labute approximate surface area is 163 Å². The Morgan fingerprint density at radius 2 is 2.07 bits per heavy atom. The van der Waals surface area contributed by atoms with Crippen molar-refractivity contribution in [2.75, 3.05) is 29.5 Å². The van der Waals surface area contributed by atoms with Crippen molar-refractivity contribution in [2.24, 2.45) is 0 Å². The fourth-order valence-electron chi connectivity index (χ4n) is 4.05. The topological polar surface area (TPSA) is 102 Å². The van der Waals surface area contributed by atoms with E-state index in [1.807, 2.05) is 12.4 Å². The molecule has 3 aromatic rings. The molecule has 1 fully saturated rings. The minimum absolute atomic E-state index is 0.226. The number of anilines is 2. The van der Waals surface area contributed by atoms with Gasteiger partial charge in [-0.25, -0.2) is 13.4 Å². The SMILES string of the molecule is CN(c1cc(C#N)cc2c(-c3cnc4c(c3)C3(CC3)CN4)c[nH]c12)S(C)(=O)=O. The Balaban J connectivity index is 1.72. The number of sulfonamides is 1. The summed E-state index contributed by atoms with van der Waals surface area (Å²) in [5, 5.41) is 13.7. The average molecular weight is 393 g/mol. The summed E-state index contributed by atoms with van der Waals surface area (Å²) in [5.74, 6) is 0.955. The highest BCUT2D eigenvalue weighted by molar-refractivity contribution is 7.92. The summed E-state index contributed by atoms with van der Waals surface area (Å²) in [4.78, 5) is 7.81. The highest BCUT2D eigenvalue weighted by Crippen LogP contribution is 2.54. The molecular weight excluding hydrogens is 374 g/mol. The lowest BCUT2D eigenvalue weighted by Crippen LogP contribution is -2.25. The molecule has 1 aliphatic carbocycles. The first-order chi connectivity index (χ1) is 13.3. The highest BCUT2D eigenvalue weighted by atomic mass is 32.2. The number of nitrogens with zero attached hydrogens (tertiary/aromatic N) is 3. The standard InChI is InChI=1S/C20H19N5O2S/c1-25(28(2,26)27)17-6-12(8-21)5-14-15(10-22-18(14)17)13-7-16-19(23-9-13)24-11-20(16)3-4-20/h5-7,9-10,22H,3-4,11H2,1-2H3,(H,23,24). The van der Waals surface area contributed by atoms with Crippen LogP contribution in [0.3, 0.4) is 0 Å². The number of rotatable bonds is 3. The normalized spacial score (nSPS) is 16.6. The molecule has 1 aliphatic heterocycles. The first-order valence-electron chi connectivity index (χ1n) is 9.06. The van der Waals surface area contributed by atoms with Gasteiger partial charge in [-0.1, -0.05) is 0 Å². The Morgan fingerprint density at radius 1 is 1.29 bits per heavy atom. The van der Waals surface area contributed by atoms with Crippen molar-refractivity contribution in [3.05, 3.63) is 41.7 Å². The molecule has 0 saturated heterocycles. The Kier molecular flexibility index (Phi) is 3.35. The molecular formula is C20H19N5O2S. The van der Waals surface area contributed by atoms with Gasteiger partial charge in [0.25, 0.3) is 0 Å². The highest BCUT2D eigenvalue weighted by Gasteiger charge is 2.49. The van der Waals surface area contributed by atoms with E-state index in [9.17, 15) is 13.7 Å². The maximum Gasteiger partial charge on any atom is 0.232 e. The summed E-state index contributed by atoms with van der Waals surface area (Å²) in [6.45, 7) is 0.939. The van der Waals surface area contributed by atoms with Gasteiger partial charge in [-0.3, -0.25) is 4.31 Å². The molecule has 2 aromatic heterocycles. The number of nitriles is 1. The summed E-state index contributed by atoms with van der Waals surface area (Å²) < 4.78 is 25.3. The predicted octanol–water partition coefficient (Wildman–Crippen LogP) is 2.95. The summed E-state index contributed by atoms with van der Waals surface area (Å²) in [7, 11) is -1.97. The molecule has 8 heteroatoms. The molecule has 1 aromatic carbocycles. The predicted molar refractivity (Wildman–Crippen MR) is 109 cm³/mol. The van der Waals surface area contributed by atoms with Gasteiger partial charge in [-0.05, 0) is 31.0 Å². The average Bonchev–Trinajstić information content (AvgIpc) is 3.20. The number of hydrogen-bond donors (Lipinski definition) is 2. The van der Waals surface area contributed by atoms with Crippen molar-refractivity contribution in [1.82, 2.24) is 9.97 Å². The lowest BCUT2D eigenvalue weighted by Gasteiger charge is -2.18. The number of benzene rings is 1. The first kappa shape index (κ1) is 17.1. The molecule has 5 rings (SSSR count). The van der Waals surface area contributed by atoms with Gasteiger partial charge in [0.2, 0.25) is 10.0 Å². The molecule has 3 heterocycles. The van der Waals surface area contributed by atoms with Crippen molar-refractivity contribution < 1.29 is 8.42 Å². The summed E-state index contributed by atoms with van der Waals surface area (Å²) in [6.07, 6.45) is 7.18. The molecule has 7 nitrogen and oxygen atoms in total. The van der Waals surface area contributed by atoms with E-state index in [1.165, 1.54) is 29.8 Å². The second-order valence-corrected chi connectivity index (χ2v) is 9.73. The molecule has 2 aliphatic rings. The minimum Gasteiger partial charge on any atom is -0.369 e. The van der Waals surface area contributed by atoms with E-state index >= 15 is 0 Å². The zero-order chi connectivity index (χ0) is 19.7. The molecule has 142 valence electrons. The van der Waals surface area contributed by atoms with Crippen LogP contribution in [-0.4, -0.2) is 38.2 Å². The quantitative estimate of drug-likeness (QED) is 0.712. The zero-order valence-corrected chi connectivity index (χ0v) is 16.4. The third-order valence-electron chi connectivity index (χ3n) is 5.95. The van der Waals surface area contributed by atoms with Gasteiger partial charge in [-0.2, -0.15) is 5.26 Å². The maximum atomic E-state index is 12.1. The smallest absolute Gasteiger partial charge is 0.232 e. The van der Waals surface area contributed by atoms with Gasteiger partial charge < -0.3 is 10.3 Å². The van der Waals surface area contributed by atoms with Crippen LogP contribution >= 0.6 is 0 Å². The van der Waals surface area contributed by atoms with E-state index in [0.29, 0.717) is 16.8 Å².